The van der Waals surface area contributed by atoms with Crippen LogP contribution in [0, 0.1) is 23.4 Å². The summed E-state index contributed by atoms with van der Waals surface area (Å²) in [6.07, 6.45) is 0. The van der Waals surface area contributed by atoms with Crippen LogP contribution >= 0.6 is 24.4 Å². The zero-order valence-corrected chi connectivity index (χ0v) is 17.9. The van der Waals surface area contributed by atoms with Crippen molar-refractivity contribution in [1.29, 1.82) is 0 Å². The highest BCUT2D eigenvalue weighted by molar-refractivity contribution is 7.71. The van der Waals surface area contributed by atoms with Gasteiger partial charge in [-0.2, -0.15) is 29.8 Å². The Hall–Kier alpha value is -3.50. The second-order valence-corrected chi connectivity index (χ2v) is 7.18. The van der Waals surface area contributed by atoms with E-state index < -0.39 is 0 Å². The van der Waals surface area contributed by atoms with Gasteiger partial charge in [-0.15, -0.1) is 0 Å². The van der Waals surface area contributed by atoms with Crippen LogP contribution in [0.1, 0.15) is 22.8 Å². The maximum atomic E-state index is 5.36. The summed E-state index contributed by atoms with van der Waals surface area (Å²) >= 11 is 10.7. The number of nitrogens with one attached hydrogen (secondary N) is 2. The number of H-pyrrole nitrogens is 2. The molecule has 2 aromatic heterocycles. The highest BCUT2D eigenvalue weighted by Gasteiger charge is 2.17. The molecule has 8 nitrogen and oxygen atoms in total. The maximum Gasteiger partial charge on any atom is 0.216 e. The van der Waals surface area contributed by atoms with Crippen molar-refractivity contribution in [2.45, 2.75) is 13.8 Å². The number of hydrogen-bond donors (Lipinski definition) is 2. The van der Waals surface area contributed by atoms with Crippen LogP contribution in [0.15, 0.2) is 70.9 Å². The molecule has 0 saturated carbocycles. The van der Waals surface area contributed by atoms with Gasteiger partial charge < -0.3 is 0 Å². The number of rotatable bonds is 5. The van der Waals surface area contributed by atoms with Gasteiger partial charge in [0, 0.05) is 11.1 Å². The fourth-order valence-electron chi connectivity index (χ4n) is 2.85. The SMILES string of the molecule is Cc1n[nH]c(=S)n1/N=C(/C(=N/n1c(C)n[nH]c1=S)c1ccccc1)c1ccccc1. The van der Waals surface area contributed by atoms with E-state index in [1.54, 1.807) is 9.35 Å². The first-order valence-electron chi connectivity index (χ1n) is 9.12. The predicted octanol–water partition coefficient (Wildman–Crippen LogP) is 4.02. The molecule has 0 saturated heterocycles. The third kappa shape index (κ3) is 3.95. The van der Waals surface area contributed by atoms with Gasteiger partial charge in [0.2, 0.25) is 9.54 Å². The average Bonchev–Trinajstić information content (AvgIpc) is 3.26. The molecule has 0 spiro atoms. The number of hydrogen-bond acceptors (Lipinski definition) is 6. The quantitative estimate of drug-likeness (QED) is 0.367. The molecule has 2 aromatic carbocycles. The molecule has 4 rings (SSSR count). The molecule has 0 atom stereocenters. The Morgan fingerprint density at radius 3 is 1.37 bits per heavy atom. The Labute approximate surface area is 182 Å². The number of aryl methyl sites for hydroxylation is 2. The molecule has 0 amide bonds. The summed E-state index contributed by atoms with van der Waals surface area (Å²) in [5.41, 5.74) is 2.97. The van der Waals surface area contributed by atoms with Crippen molar-refractivity contribution in [3.8, 4) is 0 Å². The summed E-state index contributed by atoms with van der Waals surface area (Å²) in [6.45, 7) is 3.65. The summed E-state index contributed by atoms with van der Waals surface area (Å²) in [4.78, 5) is 0. The molecule has 0 aliphatic rings. The van der Waals surface area contributed by atoms with Crippen molar-refractivity contribution in [2.24, 2.45) is 10.2 Å². The summed E-state index contributed by atoms with van der Waals surface area (Å²) in [5, 5.41) is 23.5. The lowest BCUT2D eigenvalue weighted by molar-refractivity contribution is 0.809. The lowest BCUT2D eigenvalue weighted by Crippen LogP contribution is -2.21. The minimum Gasteiger partial charge on any atom is -0.250 e. The molecule has 10 heteroatoms. The van der Waals surface area contributed by atoms with Crippen molar-refractivity contribution in [3.05, 3.63) is 93.0 Å². The topological polar surface area (TPSA) is 91.9 Å². The van der Waals surface area contributed by atoms with E-state index in [9.17, 15) is 0 Å². The Kier molecular flexibility index (Phi) is 5.59. The lowest BCUT2D eigenvalue weighted by atomic mass is 10.00. The molecule has 2 heterocycles. The molecule has 0 aliphatic carbocycles. The number of benzene rings is 2. The molecule has 0 fully saturated rings. The number of aromatic nitrogens is 6. The average molecular weight is 435 g/mol. The van der Waals surface area contributed by atoms with Crippen LogP contribution in [0.25, 0.3) is 0 Å². The molecule has 30 heavy (non-hydrogen) atoms. The molecule has 4 aromatic rings. The molecular weight excluding hydrogens is 416 g/mol. The Bertz CT molecular complexity index is 1230. The summed E-state index contributed by atoms with van der Waals surface area (Å²) in [6, 6.07) is 19.6. The van der Waals surface area contributed by atoms with Gasteiger partial charge in [0.25, 0.3) is 0 Å². The van der Waals surface area contributed by atoms with Gasteiger partial charge in [-0.3, -0.25) is 10.2 Å². The molecule has 0 aliphatic heterocycles. The van der Waals surface area contributed by atoms with E-state index in [1.165, 1.54) is 0 Å². The normalized spacial score (nSPS) is 12.3. The van der Waals surface area contributed by atoms with Crippen molar-refractivity contribution in [2.75, 3.05) is 0 Å². The Morgan fingerprint density at radius 2 is 1.07 bits per heavy atom. The van der Waals surface area contributed by atoms with Crippen molar-refractivity contribution in [1.82, 2.24) is 29.7 Å². The van der Waals surface area contributed by atoms with Gasteiger partial charge in [-0.25, -0.2) is 0 Å². The van der Waals surface area contributed by atoms with Crippen molar-refractivity contribution in [3.63, 3.8) is 0 Å². The van der Waals surface area contributed by atoms with Crippen LogP contribution in [0.4, 0.5) is 0 Å². The van der Waals surface area contributed by atoms with Crippen molar-refractivity contribution < 1.29 is 0 Å². The zero-order valence-electron chi connectivity index (χ0n) is 16.3. The van der Waals surface area contributed by atoms with E-state index in [1.807, 2.05) is 74.5 Å². The molecule has 150 valence electrons. The predicted molar refractivity (Wildman–Crippen MR) is 121 cm³/mol. The smallest absolute Gasteiger partial charge is 0.216 e. The first-order valence-corrected chi connectivity index (χ1v) is 9.93. The number of nitrogens with zero attached hydrogens (tertiary/aromatic N) is 6. The third-order valence-corrected chi connectivity index (χ3v) is 4.87. The second kappa shape index (κ2) is 8.47. The van der Waals surface area contributed by atoms with Crippen LogP contribution in [0.5, 0.6) is 0 Å². The maximum absolute atomic E-state index is 5.36. The van der Waals surface area contributed by atoms with Crippen LogP contribution in [0.3, 0.4) is 0 Å². The van der Waals surface area contributed by atoms with E-state index in [-0.39, 0.29) is 0 Å². The highest BCUT2D eigenvalue weighted by Crippen LogP contribution is 2.13. The molecule has 0 radical (unpaired) electrons. The van der Waals surface area contributed by atoms with Crippen LogP contribution < -0.4 is 0 Å². The fourth-order valence-corrected chi connectivity index (χ4v) is 3.29. The molecule has 2 N–H and O–H groups in total. The van der Waals surface area contributed by atoms with E-state index in [0.717, 1.165) is 11.1 Å². The first-order chi connectivity index (χ1) is 14.5. The largest absolute Gasteiger partial charge is 0.250 e. The van der Waals surface area contributed by atoms with Crippen LogP contribution in [-0.2, 0) is 0 Å². The van der Waals surface area contributed by atoms with Crippen LogP contribution in [0.2, 0.25) is 0 Å². The van der Waals surface area contributed by atoms with E-state index in [0.29, 0.717) is 32.6 Å². The third-order valence-electron chi connectivity index (χ3n) is 4.34. The van der Waals surface area contributed by atoms with Gasteiger partial charge in [0.05, 0.1) is 0 Å². The summed E-state index contributed by atoms with van der Waals surface area (Å²) in [5.74, 6) is 1.27. The van der Waals surface area contributed by atoms with E-state index in [2.05, 4.69) is 20.4 Å². The molecular formula is C20H18N8S2. The van der Waals surface area contributed by atoms with Gasteiger partial charge in [-0.1, -0.05) is 60.7 Å². The Morgan fingerprint density at radius 1 is 0.700 bits per heavy atom. The molecule has 0 bridgehead atoms. The summed E-state index contributed by atoms with van der Waals surface area (Å²) in [7, 11) is 0. The van der Waals surface area contributed by atoms with Gasteiger partial charge in [0.15, 0.2) is 0 Å². The fraction of sp³-hybridized carbons (Fsp3) is 0.100. The van der Waals surface area contributed by atoms with Gasteiger partial charge in [0.1, 0.15) is 23.1 Å². The van der Waals surface area contributed by atoms with Crippen LogP contribution in [-0.4, -0.2) is 41.2 Å². The van der Waals surface area contributed by atoms with E-state index in [4.69, 9.17) is 34.6 Å². The summed E-state index contributed by atoms with van der Waals surface area (Å²) < 4.78 is 3.95. The second-order valence-electron chi connectivity index (χ2n) is 6.40. The lowest BCUT2D eigenvalue weighted by Gasteiger charge is -2.12. The van der Waals surface area contributed by atoms with Gasteiger partial charge >= 0.3 is 0 Å². The first kappa shape index (κ1) is 19.8. The molecule has 0 unspecified atom stereocenters. The number of aromatic amines is 2. The minimum atomic E-state index is 0.393. The van der Waals surface area contributed by atoms with E-state index >= 15 is 0 Å². The Balaban J connectivity index is 2.04. The highest BCUT2D eigenvalue weighted by atomic mass is 32.1. The van der Waals surface area contributed by atoms with Crippen molar-refractivity contribution >= 4 is 35.9 Å². The standard InChI is InChI=1S/C20H18N8S2/c1-13-21-23-19(29)27(13)25-17(15-9-5-3-6-10-15)18(16-11-7-4-8-12-16)26-28-14(2)22-24-20(28)30/h3-12H,1-2H3,(H,23,29)(H,24,30)/b25-17+,26-18+. The monoisotopic (exact) mass is 434 g/mol. The minimum absolute atomic E-state index is 0.393. The van der Waals surface area contributed by atoms with Gasteiger partial charge in [-0.05, 0) is 38.3 Å². The zero-order chi connectivity index (χ0) is 21.1.